The highest BCUT2D eigenvalue weighted by Gasteiger charge is 2.13. The minimum absolute atomic E-state index is 0.0954. The second-order valence-corrected chi connectivity index (χ2v) is 7.05. The number of piperazine rings is 1. The molecule has 5 nitrogen and oxygen atoms in total. The lowest BCUT2D eigenvalue weighted by atomic mass is 10.2. The molecule has 1 heterocycles. The predicted octanol–water partition coefficient (Wildman–Crippen LogP) is 2.94. The Labute approximate surface area is 165 Å². The first-order chi connectivity index (χ1) is 13.2. The molecule has 27 heavy (non-hydrogen) atoms. The number of halogens is 1. The van der Waals surface area contributed by atoms with Gasteiger partial charge in [0, 0.05) is 37.7 Å². The monoisotopic (exact) mass is 387 g/mol. The molecule has 6 heteroatoms. The Morgan fingerprint density at radius 1 is 1.11 bits per heavy atom. The third kappa shape index (κ3) is 6.24. The predicted molar refractivity (Wildman–Crippen MR) is 108 cm³/mol. The first kappa shape index (κ1) is 19.7. The van der Waals surface area contributed by atoms with Crippen LogP contribution in [0.25, 0.3) is 0 Å². The smallest absolute Gasteiger partial charge is 0.255 e. The lowest BCUT2D eigenvalue weighted by molar-refractivity contribution is 0.0946. The van der Waals surface area contributed by atoms with E-state index >= 15 is 0 Å². The van der Waals surface area contributed by atoms with E-state index < -0.39 is 0 Å². The van der Waals surface area contributed by atoms with Crippen molar-refractivity contribution in [1.29, 1.82) is 0 Å². The molecule has 1 aliphatic rings. The number of nitrogens with one attached hydrogen (secondary N) is 2. The summed E-state index contributed by atoms with van der Waals surface area (Å²) < 4.78 is 5.87. The molecule has 0 atom stereocenters. The fraction of sp³-hybridized carbons (Fsp3) is 0.381. The van der Waals surface area contributed by atoms with Crippen LogP contribution in [0.3, 0.4) is 0 Å². The standard InChI is InChI=1S/C21H26ClN3O2/c22-18-8-6-17(7-9-18)16-27-20-5-2-1-4-19(20)21(26)24-10-3-13-25-14-11-23-12-15-25/h1-2,4-9,23H,3,10-16H2,(H,24,26). The molecule has 0 unspecified atom stereocenters. The molecule has 0 aliphatic carbocycles. The Hall–Kier alpha value is -2.08. The molecule has 2 aromatic rings. The first-order valence-electron chi connectivity index (χ1n) is 9.40. The van der Waals surface area contributed by atoms with E-state index in [4.69, 9.17) is 16.3 Å². The number of amides is 1. The second kappa shape index (κ2) is 10.3. The number of carbonyl (C=O) groups excluding carboxylic acids is 1. The van der Waals surface area contributed by atoms with E-state index in [1.54, 1.807) is 6.07 Å². The summed E-state index contributed by atoms with van der Waals surface area (Å²) in [5.41, 5.74) is 1.57. The number of para-hydroxylation sites is 1. The lowest BCUT2D eigenvalue weighted by Gasteiger charge is -2.27. The first-order valence-corrected chi connectivity index (χ1v) is 9.78. The molecule has 0 saturated carbocycles. The summed E-state index contributed by atoms with van der Waals surface area (Å²) in [7, 11) is 0. The van der Waals surface area contributed by atoms with Gasteiger partial charge in [-0.2, -0.15) is 0 Å². The van der Waals surface area contributed by atoms with Gasteiger partial charge < -0.3 is 20.3 Å². The van der Waals surface area contributed by atoms with E-state index in [0.717, 1.165) is 44.7 Å². The Balaban J connectivity index is 1.48. The Bertz CT molecular complexity index is 730. The van der Waals surface area contributed by atoms with Crippen LogP contribution < -0.4 is 15.4 Å². The molecule has 144 valence electrons. The van der Waals surface area contributed by atoms with Crippen molar-refractivity contribution in [1.82, 2.24) is 15.5 Å². The summed E-state index contributed by atoms with van der Waals surface area (Å²) in [5, 5.41) is 7.05. The highest BCUT2D eigenvalue weighted by Crippen LogP contribution is 2.20. The van der Waals surface area contributed by atoms with E-state index in [-0.39, 0.29) is 5.91 Å². The summed E-state index contributed by atoms with van der Waals surface area (Å²) in [5.74, 6) is 0.495. The van der Waals surface area contributed by atoms with Crippen molar-refractivity contribution in [3.05, 3.63) is 64.7 Å². The number of ether oxygens (including phenoxy) is 1. The van der Waals surface area contributed by atoms with Gasteiger partial charge >= 0.3 is 0 Å². The highest BCUT2D eigenvalue weighted by atomic mass is 35.5. The summed E-state index contributed by atoms with van der Waals surface area (Å²) in [6, 6.07) is 14.8. The van der Waals surface area contributed by atoms with E-state index in [2.05, 4.69) is 15.5 Å². The van der Waals surface area contributed by atoms with Crippen LogP contribution in [0.2, 0.25) is 5.02 Å². The zero-order chi connectivity index (χ0) is 18.9. The minimum atomic E-state index is -0.0954. The molecule has 1 aliphatic heterocycles. The minimum Gasteiger partial charge on any atom is -0.488 e. The van der Waals surface area contributed by atoms with Crippen LogP contribution in [-0.4, -0.2) is 50.1 Å². The van der Waals surface area contributed by atoms with Crippen molar-refractivity contribution in [2.75, 3.05) is 39.3 Å². The van der Waals surface area contributed by atoms with Gasteiger partial charge in [0.05, 0.1) is 5.56 Å². The Morgan fingerprint density at radius 3 is 2.63 bits per heavy atom. The van der Waals surface area contributed by atoms with Gasteiger partial charge in [-0.05, 0) is 42.8 Å². The van der Waals surface area contributed by atoms with E-state index in [9.17, 15) is 4.79 Å². The van der Waals surface area contributed by atoms with Crippen molar-refractivity contribution in [2.24, 2.45) is 0 Å². The topological polar surface area (TPSA) is 53.6 Å². The highest BCUT2D eigenvalue weighted by molar-refractivity contribution is 6.30. The van der Waals surface area contributed by atoms with Crippen LogP contribution >= 0.6 is 11.6 Å². The van der Waals surface area contributed by atoms with Crippen LogP contribution in [0, 0.1) is 0 Å². The maximum absolute atomic E-state index is 12.5. The van der Waals surface area contributed by atoms with Gasteiger partial charge in [-0.1, -0.05) is 35.9 Å². The summed E-state index contributed by atoms with van der Waals surface area (Å²) in [4.78, 5) is 15.0. The fourth-order valence-corrected chi connectivity index (χ4v) is 3.18. The quantitative estimate of drug-likeness (QED) is 0.684. The van der Waals surface area contributed by atoms with Crippen molar-refractivity contribution >= 4 is 17.5 Å². The summed E-state index contributed by atoms with van der Waals surface area (Å²) in [6.07, 6.45) is 0.944. The molecule has 1 amide bonds. The molecule has 2 aromatic carbocycles. The van der Waals surface area contributed by atoms with Gasteiger partial charge in [-0.3, -0.25) is 4.79 Å². The number of benzene rings is 2. The number of rotatable bonds is 8. The van der Waals surface area contributed by atoms with E-state index in [1.165, 1.54) is 0 Å². The number of hydrogen-bond donors (Lipinski definition) is 2. The number of nitrogens with zero attached hydrogens (tertiary/aromatic N) is 1. The van der Waals surface area contributed by atoms with Gasteiger partial charge in [-0.15, -0.1) is 0 Å². The molecular formula is C21H26ClN3O2. The average Bonchev–Trinajstić information content (AvgIpc) is 2.71. The van der Waals surface area contributed by atoms with Gasteiger partial charge in [0.15, 0.2) is 0 Å². The van der Waals surface area contributed by atoms with E-state index in [0.29, 0.717) is 29.5 Å². The Kier molecular flexibility index (Phi) is 7.51. The molecule has 0 bridgehead atoms. The normalized spacial score (nSPS) is 14.7. The maximum atomic E-state index is 12.5. The van der Waals surface area contributed by atoms with Crippen LogP contribution in [0.5, 0.6) is 5.75 Å². The molecule has 1 fully saturated rings. The van der Waals surface area contributed by atoms with Gasteiger partial charge in [0.25, 0.3) is 5.91 Å². The van der Waals surface area contributed by atoms with Crippen molar-refractivity contribution in [2.45, 2.75) is 13.0 Å². The maximum Gasteiger partial charge on any atom is 0.255 e. The summed E-state index contributed by atoms with van der Waals surface area (Å²) >= 11 is 5.91. The van der Waals surface area contributed by atoms with Crippen LogP contribution in [-0.2, 0) is 6.61 Å². The zero-order valence-corrected chi connectivity index (χ0v) is 16.2. The molecule has 0 radical (unpaired) electrons. The molecule has 3 rings (SSSR count). The molecular weight excluding hydrogens is 362 g/mol. The largest absolute Gasteiger partial charge is 0.488 e. The molecule has 0 aromatic heterocycles. The summed E-state index contributed by atoms with van der Waals surface area (Å²) in [6.45, 7) is 6.31. The number of hydrogen-bond acceptors (Lipinski definition) is 4. The molecule has 2 N–H and O–H groups in total. The molecule has 1 saturated heterocycles. The average molecular weight is 388 g/mol. The van der Waals surface area contributed by atoms with Crippen LogP contribution in [0.4, 0.5) is 0 Å². The number of carbonyl (C=O) groups is 1. The second-order valence-electron chi connectivity index (χ2n) is 6.61. The third-order valence-electron chi connectivity index (χ3n) is 4.59. The van der Waals surface area contributed by atoms with Crippen LogP contribution in [0.1, 0.15) is 22.3 Å². The lowest BCUT2D eigenvalue weighted by Crippen LogP contribution is -2.44. The van der Waals surface area contributed by atoms with Crippen molar-refractivity contribution in [3.8, 4) is 5.75 Å². The van der Waals surface area contributed by atoms with Crippen molar-refractivity contribution < 1.29 is 9.53 Å². The van der Waals surface area contributed by atoms with E-state index in [1.807, 2.05) is 42.5 Å². The Morgan fingerprint density at radius 2 is 1.85 bits per heavy atom. The third-order valence-corrected chi connectivity index (χ3v) is 4.84. The van der Waals surface area contributed by atoms with Gasteiger partial charge in [-0.25, -0.2) is 0 Å². The van der Waals surface area contributed by atoms with Crippen molar-refractivity contribution in [3.63, 3.8) is 0 Å². The van der Waals surface area contributed by atoms with Gasteiger partial charge in [0.1, 0.15) is 12.4 Å². The molecule has 0 spiro atoms. The zero-order valence-electron chi connectivity index (χ0n) is 15.4. The van der Waals surface area contributed by atoms with Gasteiger partial charge in [0.2, 0.25) is 0 Å². The van der Waals surface area contributed by atoms with Crippen LogP contribution in [0.15, 0.2) is 48.5 Å². The SMILES string of the molecule is O=C(NCCCN1CCNCC1)c1ccccc1OCc1ccc(Cl)cc1. The fourth-order valence-electron chi connectivity index (χ4n) is 3.06.